The molecule has 1 saturated heterocycles. The molecule has 1 aliphatic rings. The summed E-state index contributed by atoms with van der Waals surface area (Å²) < 4.78 is 23.4. The maximum atomic E-state index is 11.7. The highest BCUT2D eigenvalue weighted by Gasteiger charge is 2.18. The van der Waals surface area contributed by atoms with Crippen LogP contribution in [-0.2, 0) is 9.84 Å². The quantitative estimate of drug-likeness (QED) is 0.597. The molecule has 1 fully saturated rings. The van der Waals surface area contributed by atoms with Crippen molar-refractivity contribution < 1.29 is 8.42 Å². The van der Waals surface area contributed by atoms with Gasteiger partial charge >= 0.3 is 0 Å². The molecule has 0 aromatic heterocycles. The molecule has 1 heterocycles. The second-order valence-electron chi connectivity index (χ2n) is 5.68. The van der Waals surface area contributed by atoms with Gasteiger partial charge in [0.15, 0.2) is 9.84 Å². The van der Waals surface area contributed by atoms with Crippen molar-refractivity contribution in [2.45, 2.75) is 32.6 Å². The molecule has 5 nitrogen and oxygen atoms in total. The molecule has 0 bridgehead atoms. The van der Waals surface area contributed by atoms with Crippen molar-refractivity contribution in [3.63, 3.8) is 0 Å². The van der Waals surface area contributed by atoms with E-state index >= 15 is 0 Å². The third-order valence-corrected chi connectivity index (χ3v) is 5.71. The summed E-state index contributed by atoms with van der Waals surface area (Å²) >= 11 is 0. The Morgan fingerprint density at radius 1 is 0.900 bits per heavy atom. The van der Waals surface area contributed by atoms with Crippen molar-refractivity contribution in [2.75, 3.05) is 57.3 Å². The SMILES string of the molecule is CCCS(=O)(=O)CCN1CCN(CCCCCN)CC1. The first-order valence-electron chi connectivity index (χ1n) is 7.92. The molecule has 1 rings (SSSR count). The van der Waals surface area contributed by atoms with Crippen LogP contribution in [0.3, 0.4) is 0 Å². The smallest absolute Gasteiger partial charge is 0.151 e. The van der Waals surface area contributed by atoms with Gasteiger partial charge in [-0.25, -0.2) is 8.42 Å². The summed E-state index contributed by atoms with van der Waals surface area (Å²) in [6.45, 7) is 8.69. The summed E-state index contributed by atoms with van der Waals surface area (Å²) in [5, 5.41) is 0. The van der Waals surface area contributed by atoms with Crippen molar-refractivity contribution in [3.05, 3.63) is 0 Å². The van der Waals surface area contributed by atoms with Gasteiger partial charge in [0.05, 0.1) is 5.75 Å². The molecular weight excluding hydrogens is 274 g/mol. The third-order valence-electron chi connectivity index (χ3n) is 3.88. The van der Waals surface area contributed by atoms with Gasteiger partial charge in [0, 0.05) is 38.5 Å². The van der Waals surface area contributed by atoms with Gasteiger partial charge in [-0.1, -0.05) is 13.3 Å². The van der Waals surface area contributed by atoms with E-state index in [-0.39, 0.29) is 0 Å². The van der Waals surface area contributed by atoms with Crippen LogP contribution in [0.1, 0.15) is 32.6 Å². The van der Waals surface area contributed by atoms with Crippen LogP contribution in [0, 0.1) is 0 Å². The molecule has 0 amide bonds. The fraction of sp³-hybridized carbons (Fsp3) is 1.00. The van der Waals surface area contributed by atoms with E-state index in [9.17, 15) is 8.42 Å². The highest BCUT2D eigenvalue weighted by Crippen LogP contribution is 2.05. The number of sulfone groups is 1. The molecule has 0 unspecified atom stereocenters. The van der Waals surface area contributed by atoms with Gasteiger partial charge in [-0.15, -0.1) is 0 Å². The number of nitrogens with two attached hydrogens (primary N) is 1. The minimum absolute atomic E-state index is 0.317. The van der Waals surface area contributed by atoms with Crippen LogP contribution in [0.4, 0.5) is 0 Å². The minimum Gasteiger partial charge on any atom is -0.330 e. The molecule has 0 radical (unpaired) electrons. The van der Waals surface area contributed by atoms with E-state index in [1.165, 1.54) is 12.8 Å². The Hall–Kier alpha value is -0.170. The third kappa shape index (κ3) is 7.57. The highest BCUT2D eigenvalue weighted by atomic mass is 32.2. The van der Waals surface area contributed by atoms with E-state index < -0.39 is 9.84 Å². The summed E-state index contributed by atoms with van der Waals surface area (Å²) in [6.07, 6.45) is 4.28. The lowest BCUT2D eigenvalue weighted by molar-refractivity contribution is 0.136. The number of hydrogen-bond acceptors (Lipinski definition) is 5. The van der Waals surface area contributed by atoms with Gasteiger partial charge in [0.1, 0.15) is 0 Å². The summed E-state index contributed by atoms with van der Waals surface area (Å²) in [4.78, 5) is 4.76. The van der Waals surface area contributed by atoms with Crippen molar-refractivity contribution in [2.24, 2.45) is 5.73 Å². The summed E-state index contributed by atoms with van der Waals surface area (Å²) in [7, 11) is -2.83. The Bertz CT molecular complexity index is 338. The van der Waals surface area contributed by atoms with E-state index in [4.69, 9.17) is 5.73 Å². The van der Waals surface area contributed by atoms with Crippen molar-refractivity contribution in [1.29, 1.82) is 0 Å². The first-order valence-corrected chi connectivity index (χ1v) is 9.74. The number of piperazine rings is 1. The fourth-order valence-corrected chi connectivity index (χ4v) is 3.94. The molecule has 0 atom stereocenters. The minimum atomic E-state index is -2.83. The monoisotopic (exact) mass is 305 g/mol. The first-order chi connectivity index (χ1) is 9.57. The number of nitrogens with zero attached hydrogens (tertiary/aromatic N) is 2. The Morgan fingerprint density at radius 3 is 2.05 bits per heavy atom. The zero-order valence-electron chi connectivity index (χ0n) is 12.9. The molecule has 20 heavy (non-hydrogen) atoms. The van der Waals surface area contributed by atoms with Crippen LogP contribution in [-0.4, -0.2) is 75.5 Å². The van der Waals surface area contributed by atoms with E-state index in [2.05, 4.69) is 9.80 Å². The first kappa shape index (κ1) is 17.9. The standard InChI is InChI=1S/C14H31N3O2S/c1-2-13-20(18,19)14-12-17-10-8-16(9-11-17)7-5-3-4-6-15/h2-15H2,1H3. The lowest BCUT2D eigenvalue weighted by atomic mass is 10.2. The molecule has 0 aromatic carbocycles. The van der Waals surface area contributed by atoms with Crippen LogP contribution in [0.25, 0.3) is 0 Å². The summed E-state index contributed by atoms with van der Waals surface area (Å²) in [6, 6.07) is 0. The summed E-state index contributed by atoms with van der Waals surface area (Å²) in [5.74, 6) is 0.644. The van der Waals surface area contributed by atoms with Gasteiger partial charge < -0.3 is 10.6 Å². The van der Waals surface area contributed by atoms with Crippen molar-refractivity contribution in [1.82, 2.24) is 9.80 Å². The zero-order valence-corrected chi connectivity index (χ0v) is 13.7. The van der Waals surface area contributed by atoms with Gasteiger partial charge in [-0.2, -0.15) is 0 Å². The average Bonchev–Trinajstić information content (AvgIpc) is 2.43. The molecule has 0 aromatic rings. The molecular formula is C14H31N3O2S. The second kappa shape index (κ2) is 9.71. The molecule has 2 N–H and O–H groups in total. The topological polar surface area (TPSA) is 66.6 Å². The summed E-state index contributed by atoms with van der Waals surface area (Å²) in [5.41, 5.74) is 5.49. The van der Waals surface area contributed by atoms with Gasteiger partial charge in [-0.3, -0.25) is 4.90 Å². The van der Waals surface area contributed by atoms with Crippen LogP contribution in [0.15, 0.2) is 0 Å². The molecule has 0 spiro atoms. The maximum absolute atomic E-state index is 11.7. The largest absolute Gasteiger partial charge is 0.330 e. The van der Waals surface area contributed by atoms with Crippen LogP contribution >= 0.6 is 0 Å². The van der Waals surface area contributed by atoms with Crippen LogP contribution in [0.2, 0.25) is 0 Å². The number of rotatable bonds is 10. The van der Waals surface area contributed by atoms with Crippen LogP contribution < -0.4 is 5.73 Å². The fourth-order valence-electron chi connectivity index (χ4n) is 2.57. The van der Waals surface area contributed by atoms with E-state index in [1.54, 1.807) is 0 Å². The Balaban J connectivity index is 2.13. The molecule has 120 valence electrons. The highest BCUT2D eigenvalue weighted by molar-refractivity contribution is 7.91. The predicted molar refractivity (Wildman–Crippen MR) is 84.7 cm³/mol. The van der Waals surface area contributed by atoms with Crippen molar-refractivity contribution >= 4 is 9.84 Å². The Labute approximate surface area is 124 Å². The number of unbranched alkanes of at least 4 members (excludes halogenated alkanes) is 2. The van der Waals surface area contributed by atoms with Gasteiger partial charge in [-0.05, 0) is 32.4 Å². The van der Waals surface area contributed by atoms with Gasteiger partial charge in [0.25, 0.3) is 0 Å². The Kier molecular flexibility index (Phi) is 8.68. The maximum Gasteiger partial charge on any atom is 0.151 e. The molecule has 1 aliphatic heterocycles. The van der Waals surface area contributed by atoms with Crippen LogP contribution in [0.5, 0.6) is 0 Å². The zero-order chi connectivity index (χ0) is 14.8. The molecule has 0 aliphatic carbocycles. The Morgan fingerprint density at radius 2 is 1.50 bits per heavy atom. The van der Waals surface area contributed by atoms with E-state index in [0.29, 0.717) is 18.1 Å². The van der Waals surface area contributed by atoms with E-state index in [0.717, 1.165) is 52.1 Å². The lowest BCUT2D eigenvalue weighted by Crippen LogP contribution is -2.47. The van der Waals surface area contributed by atoms with Gasteiger partial charge in [0.2, 0.25) is 0 Å². The van der Waals surface area contributed by atoms with Crippen molar-refractivity contribution in [3.8, 4) is 0 Å². The average molecular weight is 305 g/mol. The normalized spacial score (nSPS) is 18.5. The molecule has 6 heteroatoms. The van der Waals surface area contributed by atoms with E-state index in [1.807, 2.05) is 6.92 Å². The second-order valence-corrected chi connectivity index (χ2v) is 7.99. The predicted octanol–water partition coefficient (Wildman–Crippen LogP) is 0.558. The lowest BCUT2D eigenvalue weighted by Gasteiger charge is -2.34. The molecule has 0 saturated carbocycles. The number of hydrogen-bond donors (Lipinski definition) is 1.